The number of esters is 1. The third-order valence-electron chi connectivity index (χ3n) is 2.79. The van der Waals surface area contributed by atoms with Gasteiger partial charge in [0.25, 0.3) is 5.91 Å². The Morgan fingerprint density at radius 3 is 3.05 bits per heavy atom. The number of ether oxygens (including phenoxy) is 2. The van der Waals surface area contributed by atoms with Gasteiger partial charge in [-0.1, -0.05) is 0 Å². The number of carbonyl (C=O) groups is 2. The van der Waals surface area contributed by atoms with Crippen LogP contribution < -0.4 is 0 Å². The molecule has 1 aromatic rings. The van der Waals surface area contributed by atoms with Gasteiger partial charge in [-0.2, -0.15) is 0 Å². The van der Waals surface area contributed by atoms with E-state index < -0.39 is 5.97 Å². The van der Waals surface area contributed by atoms with Gasteiger partial charge in [-0.05, 0) is 28.9 Å². The second-order valence-electron chi connectivity index (χ2n) is 4.33. The van der Waals surface area contributed by atoms with Crippen LogP contribution in [0.2, 0.25) is 0 Å². The van der Waals surface area contributed by atoms with E-state index in [1.54, 1.807) is 17.2 Å². The van der Waals surface area contributed by atoms with Crippen molar-refractivity contribution in [3.05, 3.63) is 22.4 Å². The second-order valence-corrected chi connectivity index (χ2v) is 5.24. The number of nitrogens with one attached hydrogen (secondary N) is 1. The van der Waals surface area contributed by atoms with Gasteiger partial charge in [-0.3, -0.25) is 4.79 Å². The summed E-state index contributed by atoms with van der Waals surface area (Å²) < 4.78 is 11.1. The van der Waals surface area contributed by atoms with E-state index in [0.29, 0.717) is 25.4 Å². The monoisotopic (exact) mass is 330 g/mol. The Balaban J connectivity index is 1.81. The molecule has 0 saturated carbocycles. The number of hydrogen-bond acceptors (Lipinski definition) is 4. The molecule has 0 bridgehead atoms. The lowest BCUT2D eigenvalue weighted by molar-refractivity contribution is -0.141. The van der Waals surface area contributed by atoms with Crippen LogP contribution in [0.5, 0.6) is 0 Å². The van der Waals surface area contributed by atoms with Crippen LogP contribution in [0, 0.1) is 0 Å². The molecule has 0 aromatic carbocycles. The highest BCUT2D eigenvalue weighted by atomic mass is 79.9. The van der Waals surface area contributed by atoms with Crippen molar-refractivity contribution in [3.8, 4) is 0 Å². The lowest BCUT2D eigenvalue weighted by Gasteiger charge is -2.30. The minimum atomic E-state index is -0.541. The fourth-order valence-electron chi connectivity index (χ4n) is 1.83. The molecule has 104 valence electrons. The lowest BCUT2D eigenvalue weighted by atomic mass is 10.3. The van der Waals surface area contributed by atoms with Crippen molar-refractivity contribution in [2.75, 3.05) is 26.3 Å². The molecule has 1 N–H and O–H groups in total. The highest BCUT2D eigenvalue weighted by molar-refractivity contribution is 9.10. The number of halogens is 1. The molecule has 0 radical (unpaired) electrons. The number of carbonyl (C=O) groups excluding carboxylic acids is 2. The number of H-pyrrole nitrogens is 1. The quantitative estimate of drug-likeness (QED) is 0.845. The molecule has 1 fully saturated rings. The van der Waals surface area contributed by atoms with Gasteiger partial charge in [0.1, 0.15) is 5.69 Å². The maximum absolute atomic E-state index is 11.9. The molecule has 0 aliphatic carbocycles. The smallest absolute Gasteiger partial charge is 0.355 e. The molecule has 7 heteroatoms. The predicted molar refractivity (Wildman–Crippen MR) is 70.8 cm³/mol. The van der Waals surface area contributed by atoms with E-state index >= 15 is 0 Å². The molecular formula is C12H15BrN2O4. The highest BCUT2D eigenvalue weighted by Crippen LogP contribution is 2.11. The van der Waals surface area contributed by atoms with Gasteiger partial charge >= 0.3 is 5.97 Å². The molecule has 1 saturated heterocycles. The summed E-state index contributed by atoms with van der Waals surface area (Å²) in [7, 11) is 0. The van der Waals surface area contributed by atoms with Gasteiger partial charge in [0.05, 0.1) is 12.7 Å². The summed E-state index contributed by atoms with van der Waals surface area (Å²) in [4.78, 5) is 27.9. The standard InChI is InChI=1S/C12H15BrN2O4/c1-8-6-15(2-3-18-8)11(16)7-19-12(17)10-4-9(13)5-14-10/h4-5,8,14H,2-3,6-7H2,1H3. The number of aromatic amines is 1. The first-order chi connectivity index (χ1) is 9.06. The number of hydrogen-bond donors (Lipinski definition) is 1. The largest absolute Gasteiger partial charge is 0.451 e. The normalized spacial score (nSPS) is 19.3. The van der Waals surface area contributed by atoms with Crippen LogP contribution in [0.3, 0.4) is 0 Å². The van der Waals surface area contributed by atoms with E-state index in [9.17, 15) is 9.59 Å². The van der Waals surface area contributed by atoms with Gasteiger partial charge < -0.3 is 19.4 Å². The van der Waals surface area contributed by atoms with Gasteiger partial charge in [0.15, 0.2) is 6.61 Å². The Labute approximate surface area is 119 Å². The molecule has 19 heavy (non-hydrogen) atoms. The Morgan fingerprint density at radius 2 is 2.42 bits per heavy atom. The summed E-state index contributed by atoms with van der Waals surface area (Å²) in [5, 5.41) is 0. The number of amides is 1. The van der Waals surface area contributed by atoms with Crippen molar-refractivity contribution in [1.82, 2.24) is 9.88 Å². The van der Waals surface area contributed by atoms with Crippen LogP contribution in [0.15, 0.2) is 16.7 Å². The molecule has 1 aliphatic heterocycles. The predicted octanol–water partition coefficient (Wildman–Crippen LogP) is 1.18. The first kappa shape index (κ1) is 14.1. The van der Waals surface area contributed by atoms with E-state index in [4.69, 9.17) is 9.47 Å². The van der Waals surface area contributed by atoms with E-state index in [1.165, 1.54) is 0 Å². The molecule has 1 atom stereocenters. The Bertz CT molecular complexity index is 474. The molecule has 1 aromatic heterocycles. The number of rotatable bonds is 3. The zero-order valence-corrected chi connectivity index (χ0v) is 12.1. The minimum absolute atomic E-state index is 0.0211. The van der Waals surface area contributed by atoms with Gasteiger partial charge in [-0.15, -0.1) is 0 Å². The van der Waals surface area contributed by atoms with E-state index in [2.05, 4.69) is 20.9 Å². The lowest BCUT2D eigenvalue weighted by Crippen LogP contribution is -2.46. The van der Waals surface area contributed by atoms with Crippen molar-refractivity contribution >= 4 is 27.8 Å². The summed E-state index contributed by atoms with van der Waals surface area (Å²) in [5.41, 5.74) is 0.315. The highest BCUT2D eigenvalue weighted by Gasteiger charge is 2.22. The van der Waals surface area contributed by atoms with Gasteiger partial charge in [-0.25, -0.2) is 4.79 Å². The molecule has 6 nitrogen and oxygen atoms in total. The molecule has 1 amide bonds. The molecule has 1 aliphatic rings. The second kappa shape index (κ2) is 6.21. The van der Waals surface area contributed by atoms with Crippen molar-refractivity contribution in [2.24, 2.45) is 0 Å². The minimum Gasteiger partial charge on any atom is -0.451 e. The van der Waals surface area contributed by atoms with Crippen LogP contribution in [0.4, 0.5) is 0 Å². The van der Waals surface area contributed by atoms with Crippen LogP contribution >= 0.6 is 15.9 Å². The fourth-order valence-corrected chi connectivity index (χ4v) is 2.17. The Morgan fingerprint density at radius 1 is 1.63 bits per heavy atom. The summed E-state index contributed by atoms with van der Waals surface area (Å²) in [6, 6.07) is 1.60. The zero-order valence-electron chi connectivity index (χ0n) is 10.5. The number of nitrogens with zero attached hydrogens (tertiary/aromatic N) is 1. The Kier molecular flexibility index (Phi) is 4.60. The summed E-state index contributed by atoms with van der Waals surface area (Å²) >= 11 is 3.22. The number of aromatic nitrogens is 1. The summed E-state index contributed by atoms with van der Waals surface area (Å²) in [5.74, 6) is -0.741. The third-order valence-corrected chi connectivity index (χ3v) is 3.25. The first-order valence-corrected chi connectivity index (χ1v) is 6.76. The van der Waals surface area contributed by atoms with E-state index in [1.807, 2.05) is 6.92 Å². The number of morpholine rings is 1. The topological polar surface area (TPSA) is 71.6 Å². The first-order valence-electron chi connectivity index (χ1n) is 5.96. The molecule has 2 rings (SSSR count). The van der Waals surface area contributed by atoms with Crippen molar-refractivity contribution in [1.29, 1.82) is 0 Å². The van der Waals surface area contributed by atoms with Gasteiger partial charge in [0.2, 0.25) is 0 Å². The van der Waals surface area contributed by atoms with Crippen molar-refractivity contribution in [3.63, 3.8) is 0 Å². The molecular weight excluding hydrogens is 316 g/mol. The average molecular weight is 331 g/mol. The van der Waals surface area contributed by atoms with Crippen molar-refractivity contribution in [2.45, 2.75) is 13.0 Å². The molecule has 0 spiro atoms. The molecule has 1 unspecified atom stereocenters. The van der Waals surface area contributed by atoms with E-state index in [0.717, 1.165) is 4.47 Å². The van der Waals surface area contributed by atoms with E-state index in [-0.39, 0.29) is 18.6 Å². The maximum atomic E-state index is 11.9. The SMILES string of the molecule is CC1CN(C(=O)COC(=O)c2cc(Br)c[nH]2)CCO1. The van der Waals surface area contributed by atoms with Gasteiger partial charge in [0, 0.05) is 23.8 Å². The average Bonchev–Trinajstić information content (AvgIpc) is 2.82. The molecule has 2 heterocycles. The maximum Gasteiger partial charge on any atom is 0.355 e. The summed E-state index contributed by atoms with van der Waals surface area (Å²) in [6.45, 7) is 3.24. The zero-order chi connectivity index (χ0) is 13.8. The summed E-state index contributed by atoms with van der Waals surface area (Å²) in [6.07, 6.45) is 1.65. The van der Waals surface area contributed by atoms with Crippen LogP contribution in [-0.4, -0.2) is 54.2 Å². The van der Waals surface area contributed by atoms with Crippen LogP contribution in [0.25, 0.3) is 0 Å². The third kappa shape index (κ3) is 3.81. The fraction of sp³-hybridized carbons (Fsp3) is 0.500. The van der Waals surface area contributed by atoms with Crippen LogP contribution in [-0.2, 0) is 14.3 Å². The van der Waals surface area contributed by atoms with Crippen LogP contribution in [0.1, 0.15) is 17.4 Å². The Hall–Kier alpha value is -1.34. The van der Waals surface area contributed by atoms with Crippen molar-refractivity contribution < 1.29 is 19.1 Å².